The van der Waals surface area contributed by atoms with Gasteiger partial charge in [0.1, 0.15) is 6.07 Å². The van der Waals surface area contributed by atoms with Crippen molar-refractivity contribution >= 4 is 40.4 Å². The predicted molar refractivity (Wildman–Crippen MR) is 65.0 cm³/mol. The van der Waals surface area contributed by atoms with E-state index >= 15 is 0 Å². The number of nitrogens with zero attached hydrogens (tertiary/aromatic N) is 2. The van der Waals surface area contributed by atoms with Crippen molar-refractivity contribution in [3.05, 3.63) is 28.2 Å². The minimum Gasteiger partial charge on any atom is -0.382 e. The average Bonchev–Trinajstić information content (AvgIpc) is 2.22. The van der Waals surface area contributed by atoms with Crippen LogP contribution in [0.15, 0.2) is 23.3 Å². The molecule has 16 heavy (non-hydrogen) atoms. The number of rotatable bonds is 3. The Morgan fingerprint density at radius 2 is 2.00 bits per heavy atom. The Labute approximate surface area is 102 Å². The minimum atomic E-state index is -0.432. The highest BCUT2D eigenvalue weighted by molar-refractivity contribution is 6.46. The van der Waals surface area contributed by atoms with E-state index in [4.69, 9.17) is 39.6 Å². The van der Waals surface area contributed by atoms with Gasteiger partial charge in [0.15, 0.2) is 5.84 Å². The average molecular weight is 256 g/mol. The van der Waals surface area contributed by atoms with Crippen molar-refractivity contribution in [1.82, 2.24) is 0 Å². The number of amidine groups is 1. The molecule has 5 nitrogen and oxygen atoms in total. The Hall–Kier alpha value is -1.77. The maximum absolute atomic E-state index is 8.61. The van der Waals surface area contributed by atoms with Crippen molar-refractivity contribution in [2.75, 3.05) is 5.43 Å². The first-order chi connectivity index (χ1) is 7.56. The van der Waals surface area contributed by atoms with Crippen LogP contribution in [0.5, 0.6) is 0 Å². The third-order valence-electron chi connectivity index (χ3n) is 1.60. The summed E-state index contributed by atoms with van der Waals surface area (Å²) >= 11 is 11.7. The van der Waals surface area contributed by atoms with Gasteiger partial charge in [-0.25, -0.2) is 0 Å². The minimum absolute atomic E-state index is 0.240. The first kappa shape index (κ1) is 12.3. The first-order valence-electron chi connectivity index (χ1n) is 4.08. The molecule has 1 rings (SSSR count). The van der Waals surface area contributed by atoms with Crippen LogP contribution in [-0.4, -0.2) is 11.5 Å². The molecule has 0 saturated carbocycles. The zero-order chi connectivity index (χ0) is 12.1. The molecule has 7 heteroatoms. The van der Waals surface area contributed by atoms with Crippen molar-refractivity contribution in [3.8, 4) is 6.07 Å². The maximum atomic E-state index is 8.61. The summed E-state index contributed by atoms with van der Waals surface area (Å²) in [5.74, 6) is -0.432. The van der Waals surface area contributed by atoms with Crippen LogP contribution in [0, 0.1) is 16.7 Å². The fourth-order valence-electron chi connectivity index (χ4n) is 0.862. The van der Waals surface area contributed by atoms with Gasteiger partial charge in [-0.3, -0.25) is 10.8 Å². The van der Waals surface area contributed by atoms with E-state index in [1.54, 1.807) is 24.3 Å². The number of benzene rings is 1. The van der Waals surface area contributed by atoms with Crippen molar-refractivity contribution in [2.45, 2.75) is 0 Å². The van der Waals surface area contributed by atoms with Crippen LogP contribution in [0.25, 0.3) is 0 Å². The molecule has 82 valence electrons. The second kappa shape index (κ2) is 5.35. The number of para-hydroxylation sites is 1. The van der Waals surface area contributed by atoms with Crippen LogP contribution in [0.2, 0.25) is 10.0 Å². The van der Waals surface area contributed by atoms with E-state index in [-0.39, 0.29) is 5.71 Å². The van der Waals surface area contributed by atoms with Gasteiger partial charge in [-0.05, 0) is 12.1 Å². The summed E-state index contributed by atoms with van der Waals surface area (Å²) in [4.78, 5) is 0. The second-order valence-corrected chi connectivity index (χ2v) is 3.51. The number of halogens is 2. The van der Waals surface area contributed by atoms with Crippen LogP contribution in [-0.2, 0) is 0 Å². The lowest BCUT2D eigenvalue weighted by Gasteiger charge is -2.05. The summed E-state index contributed by atoms with van der Waals surface area (Å²) in [6.45, 7) is 0. The summed E-state index contributed by atoms with van der Waals surface area (Å²) < 4.78 is 0. The molecule has 0 aliphatic heterocycles. The van der Waals surface area contributed by atoms with Crippen molar-refractivity contribution in [3.63, 3.8) is 0 Å². The summed E-state index contributed by atoms with van der Waals surface area (Å²) in [5, 5.41) is 20.0. The van der Waals surface area contributed by atoms with Gasteiger partial charge in [-0.2, -0.15) is 10.4 Å². The van der Waals surface area contributed by atoms with Gasteiger partial charge in [0.2, 0.25) is 5.71 Å². The summed E-state index contributed by atoms with van der Waals surface area (Å²) in [7, 11) is 0. The number of nitrogens with one attached hydrogen (secondary N) is 2. The standard InChI is InChI=1S/C9H7Cl2N5/c10-5-2-1-3-6(11)8(5)16-15-7(4-12)9(13)14/h1-3,16H,(H3,13,14). The van der Waals surface area contributed by atoms with Crippen LogP contribution in [0.1, 0.15) is 0 Å². The quantitative estimate of drug-likeness (QED) is 0.439. The van der Waals surface area contributed by atoms with E-state index in [9.17, 15) is 0 Å². The van der Waals surface area contributed by atoms with Crippen LogP contribution < -0.4 is 11.2 Å². The third kappa shape index (κ3) is 2.86. The Morgan fingerprint density at radius 3 is 2.44 bits per heavy atom. The summed E-state index contributed by atoms with van der Waals surface area (Å²) in [6.07, 6.45) is 0. The molecule has 0 amide bonds. The van der Waals surface area contributed by atoms with Crippen LogP contribution in [0.3, 0.4) is 0 Å². The molecule has 0 saturated heterocycles. The zero-order valence-electron chi connectivity index (χ0n) is 7.96. The SMILES string of the molecule is N#CC(=NNc1c(Cl)cccc1Cl)C(=N)N. The van der Waals surface area contributed by atoms with Gasteiger partial charge >= 0.3 is 0 Å². The number of nitriles is 1. The normalized spacial score (nSPS) is 10.7. The molecular formula is C9H7Cl2N5. The number of hydrogen-bond acceptors (Lipinski definition) is 4. The number of hydrogen-bond donors (Lipinski definition) is 3. The van der Waals surface area contributed by atoms with Crippen LogP contribution >= 0.6 is 23.2 Å². The Bertz CT molecular complexity index is 469. The highest BCUT2D eigenvalue weighted by Crippen LogP contribution is 2.29. The third-order valence-corrected chi connectivity index (χ3v) is 2.23. The molecular weight excluding hydrogens is 249 g/mol. The number of nitrogens with two attached hydrogens (primary N) is 1. The molecule has 0 bridgehead atoms. The lowest BCUT2D eigenvalue weighted by Crippen LogP contribution is -2.21. The fraction of sp³-hybridized carbons (Fsp3) is 0. The first-order valence-corrected chi connectivity index (χ1v) is 4.84. The summed E-state index contributed by atoms with van der Waals surface area (Å²) in [5.41, 5.74) is 7.73. The Morgan fingerprint density at radius 1 is 1.44 bits per heavy atom. The summed E-state index contributed by atoms with van der Waals surface area (Å²) in [6, 6.07) is 6.57. The predicted octanol–water partition coefficient (Wildman–Crippen LogP) is 2.22. The van der Waals surface area contributed by atoms with E-state index in [0.29, 0.717) is 15.7 Å². The molecule has 0 atom stereocenters. The molecule has 0 aliphatic rings. The highest BCUT2D eigenvalue weighted by atomic mass is 35.5. The topological polar surface area (TPSA) is 98.0 Å². The van der Waals surface area contributed by atoms with Crippen molar-refractivity contribution in [2.24, 2.45) is 10.8 Å². The van der Waals surface area contributed by atoms with Crippen molar-refractivity contribution < 1.29 is 0 Å². The molecule has 0 unspecified atom stereocenters. The van der Waals surface area contributed by atoms with Gasteiger partial charge in [-0.15, -0.1) is 0 Å². The molecule has 0 fully saturated rings. The Kier molecular flexibility index (Phi) is 4.11. The highest BCUT2D eigenvalue weighted by Gasteiger charge is 2.05. The zero-order valence-corrected chi connectivity index (χ0v) is 9.47. The number of anilines is 1. The molecule has 1 aromatic carbocycles. The van der Waals surface area contributed by atoms with E-state index in [2.05, 4.69) is 10.5 Å². The molecule has 4 N–H and O–H groups in total. The van der Waals surface area contributed by atoms with E-state index < -0.39 is 5.84 Å². The van der Waals surface area contributed by atoms with E-state index in [1.807, 2.05) is 0 Å². The van der Waals surface area contributed by atoms with Crippen molar-refractivity contribution in [1.29, 1.82) is 10.7 Å². The molecule has 0 aromatic heterocycles. The molecule has 0 spiro atoms. The van der Waals surface area contributed by atoms with E-state index in [0.717, 1.165) is 0 Å². The van der Waals surface area contributed by atoms with Gasteiger partial charge in [0, 0.05) is 0 Å². The monoisotopic (exact) mass is 255 g/mol. The molecule has 1 aromatic rings. The van der Waals surface area contributed by atoms with Gasteiger partial charge in [0.05, 0.1) is 15.7 Å². The fourth-order valence-corrected chi connectivity index (χ4v) is 1.34. The molecule has 0 radical (unpaired) electrons. The Balaban J connectivity index is 2.99. The van der Waals surface area contributed by atoms with Gasteiger partial charge < -0.3 is 5.73 Å². The smallest absolute Gasteiger partial charge is 0.201 e. The molecule has 0 heterocycles. The lowest BCUT2D eigenvalue weighted by atomic mass is 10.3. The lowest BCUT2D eigenvalue weighted by molar-refractivity contribution is 1.33. The second-order valence-electron chi connectivity index (χ2n) is 2.69. The van der Waals surface area contributed by atoms with E-state index in [1.165, 1.54) is 0 Å². The largest absolute Gasteiger partial charge is 0.382 e. The maximum Gasteiger partial charge on any atom is 0.201 e. The van der Waals surface area contributed by atoms with Gasteiger partial charge in [-0.1, -0.05) is 29.3 Å². The van der Waals surface area contributed by atoms with Gasteiger partial charge in [0.25, 0.3) is 0 Å². The molecule has 0 aliphatic carbocycles. The number of hydrazone groups is 1. The van der Waals surface area contributed by atoms with Crippen LogP contribution in [0.4, 0.5) is 5.69 Å².